The first-order valence-corrected chi connectivity index (χ1v) is 5.56. The molecule has 0 atom stereocenters. The molecule has 0 unspecified atom stereocenters. The van der Waals surface area contributed by atoms with E-state index in [-0.39, 0.29) is 0 Å². The molecule has 92 valence electrons. The molecule has 1 aromatic carbocycles. The second kappa shape index (κ2) is 4.95. The molecule has 2 amide bonds. The van der Waals surface area contributed by atoms with Crippen LogP contribution in [-0.4, -0.2) is 31.2 Å². The van der Waals surface area contributed by atoms with Gasteiger partial charge in [-0.05, 0) is 17.7 Å². The third-order valence-corrected chi connectivity index (χ3v) is 2.61. The Hall–Kier alpha value is -1.91. The lowest BCUT2D eigenvalue weighted by Crippen LogP contribution is -2.31. The van der Waals surface area contributed by atoms with Gasteiger partial charge in [-0.1, -0.05) is 6.07 Å². The average molecular weight is 236 g/mol. The van der Waals surface area contributed by atoms with Crippen LogP contribution in [0.15, 0.2) is 18.2 Å². The Morgan fingerprint density at radius 3 is 2.76 bits per heavy atom. The second-order valence-electron chi connectivity index (χ2n) is 4.03. The van der Waals surface area contributed by atoms with Gasteiger partial charge in [0.1, 0.15) is 0 Å². The van der Waals surface area contributed by atoms with E-state index in [2.05, 4.69) is 0 Å². The largest absolute Gasteiger partial charge is 0.490 e. The van der Waals surface area contributed by atoms with Crippen molar-refractivity contribution in [1.29, 1.82) is 0 Å². The van der Waals surface area contributed by atoms with Crippen molar-refractivity contribution in [2.45, 2.75) is 13.0 Å². The predicted molar refractivity (Wildman–Crippen MR) is 63.1 cm³/mol. The Labute approximate surface area is 100 Å². The average Bonchev–Trinajstić information content (AvgIpc) is 2.53. The highest BCUT2D eigenvalue weighted by molar-refractivity contribution is 5.71. The van der Waals surface area contributed by atoms with Crippen molar-refractivity contribution in [2.24, 2.45) is 5.73 Å². The topological polar surface area (TPSA) is 64.8 Å². The van der Waals surface area contributed by atoms with E-state index in [0.717, 1.165) is 23.5 Å². The molecule has 2 rings (SSSR count). The molecular weight excluding hydrogens is 220 g/mol. The lowest BCUT2D eigenvalue weighted by molar-refractivity contribution is 0.216. The summed E-state index contributed by atoms with van der Waals surface area (Å²) >= 11 is 0. The molecule has 0 aliphatic carbocycles. The van der Waals surface area contributed by atoms with Crippen molar-refractivity contribution in [3.8, 4) is 11.5 Å². The zero-order chi connectivity index (χ0) is 12.3. The molecule has 17 heavy (non-hydrogen) atoms. The summed E-state index contributed by atoms with van der Waals surface area (Å²) in [5.74, 6) is 1.49. The molecule has 0 aromatic heterocycles. The van der Waals surface area contributed by atoms with Gasteiger partial charge in [-0.2, -0.15) is 0 Å². The van der Waals surface area contributed by atoms with Crippen molar-refractivity contribution in [1.82, 2.24) is 4.90 Å². The number of fused-ring (bicyclic) bond motifs is 1. The zero-order valence-electron chi connectivity index (χ0n) is 9.81. The number of benzene rings is 1. The van der Waals surface area contributed by atoms with Crippen LogP contribution in [0.1, 0.15) is 12.0 Å². The summed E-state index contributed by atoms with van der Waals surface area (Å²) in [6.07, 6.45) is 0.880. The maximum Gasteiger partial charge on any atom is 0.314 e. The Balaban J connectivity index is 2.15. The van der Waals surface area contributed by atoms with Crippen LogP contribution in [0.5, 0.6) is 11.5 Å². The first-order chi connectivity index (χ1) is 8.16. The highest BCUT2D eigenvalue weighted by Crippen LogP contribution is 2.30. The van der Waals surface area contributed by atoms with Crippen LogP contribution < -0.4 is 15.2 Å². The van der Waals surface area contributed by atoms with Gasteiger partial charge < -0.3 is 20.1 Å². The summed E-state index contributed by atoms with van der Waals surface area (Å²) < 4.78 is 11.1. The minimum atomic E-state index is -0.447. The van der Waals surface area contributed by atoms with Gasteiger partial charge >= 0.3 is 6.03 Å². The molecule has 2 N–H and O–H groups in total. The van der Waals surface area contributed by atoms with Crippen LogP contribution in [-0.2, 0) is 6.54 Å². The summed E-state index contributed by atoms with van der Waals surface area (Å²) in [4.78, 5) is 12.4. The van der Waals surface area contributed by atoms with E-state index in [9.17, 15) is 4.79 Å². The van der Waals surface area contributed by atoms with E-state index in [1.807, 2.05) is 18.2 Å². The normalized spacial score (nSPS) is 13.9. The van der Waals surface area contributed by atoms with Crippen LogP contribution in [0.4, 0.5) is 4.79 Å². The number of urea groups is 1. The minimum absolute atomic E-state index is 0.447. The number of carbonyl (C=O) groups is 1. The van der Waals surface area contributed by atoms with Gasteiger partial charge in [0.15, 0.2) is 11.5 Å². The van der Waals surface area contributed by atoms with Crippen molar-refractivity contribution in [3.05, 3.63) is 23.8 Å². The van der Waals surface area contributed by atoms with Gasteiger partial charge in [0.2, 0.25) is 0 Å². The molecule has 0 fully saturated rings. The monoisotopic (exact) mass is 236 g/mol. The SMILES string of the molecule is CN(Cc1ccc2c(c1)OCCCO2)C(N)=O. The summed E-state index contributed by atoms with van der Waals surface area (Å²) in [7, 11) is 1.66. The molecule has 0 spiro atoms. The minimum Gasteiger partial charge on any atom is -0.490 e. The molecule has 1 aliphatic heterocycles. The van der Waals surface area contributed by atoms with E-state index < -0.39 is 6.03 Å². The number of nitrogens with zero attached hydrogens (tertiary/aromatic N) is 1. The Kier molecular flexibility index (Phi) is 3.37. The molecule has 5 nitrogen and oxygen atoms in total. The molecule has 1 aliphatic rings. The molecule has 0 bridgehead atoms. The van der Waals surface area contributed by atoms with Gasteiger partial charge in [0.25, 0.3) is 0 Å². The first-order valence-electron chi connectivity index (χ1n) is 5.56. The summed E-state index contributed by atoms with van der Waals surface area (Å²) in [6.45, 7) is 1.79. The van der Waals surface area contributed by atoms with Crippen LogP contribution in [0.3, 0.4) is 0 Å². The number of hydrogen-bond acceptors (Lipinski definition) is 3. The quantitative estimate of drug-likeness (QED) is 0.843. The van der Waals surface area contributed by atoms with Crippen molar-refractivity contribution < 1.29 is 14.3 Å². The van der Waals surface area contributed by atoms with Crippen molar-refractivity contribution >= 4 is 6.03 Å². The van der Waals surface area contributed by atoms with Crippen LogP contribution in [0, 0.1) is 0 Å². The molecule has 5 heteroatoms. The van der Waals surface area contributed by atoms with Crippen molar-refractivity contribution in [2.75, 3.05) is 20.3 Å². The van der Waals surface area contributed by atoms with E-state index in [1.54, 1.807) is 7.05 Å². The highest BCUT2D eigenvalue weighted by atomic mass is 16.5. The van der Waals surface area contributed by atoms with Gasteiger partial charge in [-0.3, -0.25) is 0 Å². The lowest BCUT2D eigenvalue weighted by atomic mass is 10.2. The number of nitrogens with two attached hydrogens (primary N) is 1. The standard InChI is InChI=1S/C12H16N2O3/c1-14(12(13)15)8-9-3-4-10-11(7-9)17-6-2-5-16-10/h3-4,7H,2,5-6,8H2,1H3,(H2,13,15). The third-order valence-electron chi connectivity index (χ3n) is 2.61. The van der Waals surface area contributed by atoms with Gasteiger partial charge in [0.05, 0.1) is 13.2 Å². The second-order valence-corrected chi connectivity index (χ2v) is 4.03. The Morgan fingerprint density at radius 1 is 1.35 bits per heavy atom. The van der Waals surface area contributed by atoms with E-state index in [1.165, 1.54) is 4.90 Å². The fourth-order valence-electron chi connectivity index (χ4n) is 1.66. The number of amides is 2. The van der Waals surface area contributed by atoms with Gasteiger partial charge in [-0.25, -0.2) is 4.79 Å². The smallest absolute Gasteiger partial charge is 0.314 e. The number of rotatable bonds is 2. The molecule has 1 aromatic rings. The maximum atomic E-state index is 10.9. The van der Waals surface area contributed by atoms with Crippen LogP contribution in [0.2, 0.25) is 0 Å². The number of ether oxygens (including phenoxy) is 2. The fourth-order valence-corrected chi connectivity index (χ4v) is 1.66. The number of primary amides is 1. The molecule has 0 saturated heterocycles. The zero-order valence-corrected chi connectivity index (χ0v) is 9.81. The van der Waals surface area contributed by atoms with Gasteiger partial charge in [0, 0.05) is 20.0 Å². The van der Waals surface area contributed by atoms with Crippen LogP contribution >= 0.6 is 0 Å². The van der Waals surface area contributed by atoms with E-state index in [0.29, 0.717) is 19.8 Å². The molecule has 0 radical (unpaired) electrons. The fraction of sp³-hybridized carbons (Fsp3) is 0.417. The Morgan fingerprint density at radius 2 is 2.06 bits per heavy atom. The van der Waals surface area contributed by atoms with Gasteiger partial charge in [-0.15, -0.1) is 0 Å². The maximum absolute atomic E-state index is 10.9. The summed E-state index contributed by atoms with van der Waals surface area (Å²) in [6, 6.07) is 5.22. The van der Waals surface area contributed by atoms with E-state index >= 15 is 0 Å². The molecular formula is C12H16N2O3. The molecule has 0 saturated carbocycles. The number of carbonyl (C=O) groups excluding carboxylic acids is 1. The summed E-state index contributed by atoms with van der Waals surface area (Å²) in [5, 5.41) is 0. The lowest BCUT2D eigenvalue weighted by Gasteiger charge is -2.15. The van der Waals surface area contributed by atoms with E-state index in [4.69, 9.17) is 15.2 Å². The summed E-state index contributed by atoms with van der Waals surface area (Å²) in [5.41, 5.74) is 6.15. The first kappa shape index (κ1) is 11.6. The molecule has 1 heterocycles. The number of hydrogen-bond donors (Lipinski definition) is 1. The highest BCUT2D eigenvalue weighted by Gasteiger charge is 2.12. The van der Waals surface area contributed by atoms with Crippen molar-refractivity contribution in [3.63, 3.8) is 0 Å². The Bertz CT molecular complexity index is 420. The third kappa shape index (κ3) is 2.81. The van der Waals surface area contributed by atoms with Crippen LogP contribution in [0.25, 0.3) is 0 Å². The predicted octanol–water partition coefficient (Wildman–Crippen LogP) is 1.36.